The average molecular weight is 704 g/mol. The van der Waals surface area contributed by atoms with Gasteiger partial charge in [0.05, 0.1) is 49.4 Å². The van der Waals surface area contributed by atoms with Gasteiger partial charge in [0.25, 0.3) is 0 Å². The van der Waals surface area contributed by atoms with Crippen LogP contribution in [0, 0.1) is 11.8 Å². The van der Waals surface area contributed by atoms with Crippen LogP contribution in [0.3, 0.4) is 0 Å². The number of alkyl carbamates (subject to hydrolysis) is 1. The molecule has 16 heteroatoms. The van der Waals surface area contributed by atoms with Crippen molar-refractivity contribution >= 4 is 23.7 Å². The van der Waals surface area contributed by atoms with Gasteiger partial charge >= 0.3 is 13.7 Å². The van der Waals surface area contributed by atoms with E-state index in [4.69, 9.17) is 28.0 Å². The van der Waals surface area contributed by atoms with Gasteiger partial charge in [0.2, 0.25) is 10.0 Å². The Kier molecular flexibility index (Phi) is 13.7. The summed E-state index contributed by atoms with van der Waals surface area (Å²) in [7, 11) is -2.89. The molecular weight excluding hydrogens is 653 g/mol. The summed E-state index contributed by atoms with van der Waals surface area (Å²) >= 11 is 0. The van der Waals surface area contributed by atoms with E-state index in [1.165, 1.54) is 37.8 Å². The van der Waals surface area contributed by atoms with Crippen molar-refractivity contribution < 1.29 is 50.9 Å². The van der Waals surface area contributed by atoms with Crippen LogP contribution in [0.15, 0.2) is 40.8 Å². The van der Waals surface area contributed by atoms with Crippen LogP contribution in [0.1, 0.15) is 33.1 Å². The quantitative estimate of drug-likeness (QED) is 0.181. The number of nitrogens with zero attached hydrogens (tertiary/aromatic N) is 2. The summed E-state index contributed by atoms with van der Waals surface area (Å²) in [5.41, 5.74) is 0.995. The first-order chi connectivity index (χ1) is 22.4. The zero-order chi connectivity index (χ0) is 34.2. The second-order valence-corrected chi connectivity index (χ2v) is 16.8. The number of aliphatic hydroxyl groups is 1. The first-order valence-electron chi connectivity index (χ1n) is 16.0. The molecule has 3 aliphatic heterocycles. The predicted octanol–water partition coefficient (Wildman–Crippen LogP) is 3.07. The molecule has 14 nitrogen and oxygen atoms in total. The number of methoxy groups -OCH3 is 1. The second kappa shape index (κ2) is 17.0. The number of hydrogen-bond donors (Lipinski definition) is 2. The van der Waals surface area contributed by atoms with E-state index in [1.54, 1.807) is 12.1 Å². The van der Waals surface area contributed by atoms with Crippen molar-refractivity contribution in [3.63, 3.8) is 0 Å². The van der Waals surface area contributed by atoms with Crippen molar-refractivity contribution in [1.29, 1.82) is 0 Å². The van der Waals surface area contributed by atoms with E-state index in [9.17, 15) is 22.9 Å². The van der Waals surface area contributed by atoms with E-state index in [0.717, 1.165) is 12.0 Å². The fraction of sp³-hybridized carbons (Fsp3) is 0.710. The fourth-order valence-electron chi connectivity index (χ4n) is 6.01. The molecule has 1 aromatic rings. The van der Waals surface area contributed by atoms with E-state index in [0.29, 0.717) is 38.4 Å². The highest BCUT2D eigenvalue weighted by atomic mass is 32.2. The predicted molar refractivity (Wildman–Crippen MR) is 174 cm³/mol. The number of aliphatic hydroxyl groups excluding tert-OH is 1. The molecule has 2 fully saturated rings. The SMILES string of the molecule is COc1ccc(S(=O)(=O)N(CC(C)C)C[C@@H](O)[C@H](CC2=CCN(CCP(=O)(OC)OC)CC2)NC(=O)O[C@H]2CO[C@H]3OCC[C@H]32)cc1. The molecule has 0 unspecified atom stereocenters. The standard InChI is InChI=1S/C31H50N3O11PS/c1-22(2)19-34(47(38,39)25-8-6-24(40-3)7-9-25)20-28(35)27(32-31(36)45-29-21-44-30-26(29)12-16-43-30)18-23-10-13-33(14-11-23)15-17-46(37,41-4)42-5/h6-10,22,26-30,35H,11-21H2,1-5H3,(H,32,36)/t26-,27-,28+,29-,30+/m0/s1. The minimum Gasteiger partial charge on any atom is -0.497 e. The lowest BCUT2D eigenvalue weighted by Gasteiger charge is -2.33. The number of benzene rings is 1. The number of sulfonamides is 1. The summed E-state index contributed by atoms with van der Waals surface area (Å²) in [6.45, 7) is 6.23. The zero-order valence-corrected chi connectivity index (χ0v) is 29.6. The smallest absolute Gasteiger partial charge is 0.407 e. The van der Waals surface area contributed by atoms with Crippen LogP contribution in [0.5, 0.6) is 5.75 Å². The molecule has 0 aliphatic carbocycles. The molecule has 1 amide bonds. The Bertz CT molecular complexity index is 1350. The zero-order valence-electron chi connectivity index (χ0n) is 27.9. The average Bonchev–Trinajstić information content (AvgIpc) is 3.68. The number of ether oxygens (including phenoxy) is 4. The molecular formula is C31H50N3O11PS. The van der Waals surface area contributed by atoms with E-state index in [2.05, 4.69) is 10.2 Å². The number of carbonyl (C=O) groups is 1. The molecule has 4 rings (SSSR count). The number of carbonyl (C=O) groups excluding carboxylic acids is 1. The summed E-state index contributed by atoms with van der Waals surface area (Å²) in [5, 5.41) is 14.5. The molecule has 47 heavy (non-hydrogen) atoms. The normalized spacial score (nSPS) is 23.4. The Hall–Kier alpha value is -2.07. The first-order valence-corrected chi connectivity index (χ1v) is 19.2. The molecule has 0 bridgehead atoms. The van der Waals surface area contributed by atoms with Gasteiger partial charge in [-0.1, -0.05) is 25.5 Å². The van der Waals surface area contributed by atoms with Crippen molar-refractivity contribution in [1.82, 2.24) is 14.5 Å². The molecule has 0 radical (unpaired) electrons. The van der Waals surface area contributed by atoms with Gasteiger partial charge in [-0.25, -0.2) is 13.2 Å². The molecule has 2 N–H and O–H groups in total. The van der Waals surface area contributed by atoms with E-state index < -0.39 is 42.0 Å². The van der Waals surface area contributed by atoms with Crippen molar-refractivity contribution in [3.8, 4) is 5.75 Å². The van der Waals surface area contributed by atoms with E-state index in [1.807, 2.05) is 19.9 Å². The molecule has 266 valence electrons. The van der Waals surface area contributed by atoms with Crippen LogP contribution in [-0.4, -0.2) is 127 Å². The Morgan fingerprint density at radius 3 is 2.49 bits per heavy atom. The fourth-order valence-corrected chi connectivity index (χ4v) is 8.67. The van der Waals surface area contributed by atoms with Crippen LogP contribution >= 0.6 is 7.60 Å². The monoisotopic (exact) mass is 703 g/mol. The van der Waals surface area contributed by atoms with Gasteiger partial charge < -0.3 is 38.4 Å². The lowest BCUT2D eigenvalue weighted by molar-refractivity contribution is -0.0907. The number of rotatable bonds is 17. The van der Waals surface area contributed by atoms with Gasteiger partial charge in [-0.05, 0) is 49.4 Å². The highest BCUT2D eigenvalue weighted by Crippen LogP contribution is 2.46. The third-order valence-corrected chi connectivity index (χ3v) is 12.5. The molecule has 0 saturated carbocycles. The molecule has 5 atom stereocenters. The third kappa shape index (κ3) is 10.2. The van der Waals surface area contributed by atoms with Crippen LogP contribution in [0.4, 0.5) is 4.79 Å². The lowest BCUT2D eigenvalue weighted by Crippen LogP contribution is -2.51. The molecule has 0 aromatic heterocycles. The highest BCUT2D eigenvalue weighted by Gasteiger charge is 2.44. The van der Waals surface area contributed by atoms with Crippen molar-refractivity contribution in [3.05, 3.63) is 35.9 Å². The third-order valence-electron chi connectivity index (χ3n) is 8.78. The van der Waals surface area contributed by atoms with Gasteiger partial charge in [-0.15, -0.1) is 0 Å². The lowest BCUT2D eigenvalue weighted by atomic mass is 9.96. The maximum atomic E-state index is 13.8. The van der Waals surface area contributed by atoms with Gasteiger partial charge in [0.15, 0.2) is 6.29 Å². The Morgan fingerprint density at radius 2 is 1.87 bits per heavy atom. The van der Waals surface area contributed by atoms with Crippen LogP contribution in [0.25, 0.3) is 0 Å². The Balaban J connectivity index is 1.48. The van der Waals surface area contributed by atoms with Crippen molar-refractivity contribution in [2.24, 2.45) is 11.8 Å². The van der Waals surface area contributed by atoms with Crippen molar-refractivity contribution in [2.45, 2.75) is 62.5 Å². The minimum atomic E-state index is -3.99. The molecule has 1 aromatic carbocycles. The molecule has 0 spiro atoms. The largest absolute Gasteiger partial charge is 0.497 e. The summed E-state index contributed by atoms with van der Waals surface area (Å²) in [6, 6.07) is 5.25. The van der Waals surface area contributed by atoms with Crippen LogP contribution < -0.4 is 10.1 Å². The summed E-state index contributed by atoms with van der Waals surface area (Å²) in [5.74, 6) is 0.434. The van der Waals surface area contributed by atoms with Crippen LogP contribution in [0.2, 0.25) is 0 Å². The van der Waals surface area contributed by atoms with Gasteiger partial charge in [0.1, 0.15) is 11.9 Å². The molecule has 3 aliphatic rings. The maximum absolute atomic E-state index is 13.8. The van der Waals surface area contributed by atoms with Crippen molar-refractivity contribution in [2.75, 3.05) is 73.4 Å². The summed E-state index contributed by atoms with van der Waals surface area (Å²) in [6.07, 6.45) is 1.08. The second-order valence-electron chi connectivity index (χ2n) is 12.5. The highest BCUT2D eigenvalue weighted by molar-refractivity contribution is 7.89. The Labute approximate surface area is 278 Å². The number of amides is 1. The number of hydrogen-bond acceptors (Lipinski definition) is 12. The minimum absolute atomic E-state index is 0.0332. The van der Waals surface area contributed by atoms with E-state index >= 15 is 0 Å². The summed E-state index contributed by atoms with van der Waals surface area (Å²) < 4.78 is 73.4. The maximum Gasteiger partial charge on any atom is 0.407 e. The van der Waals surface area contributed by atoms with Gasteiger partial charge in [-0.2, -0.15) is 4.31 Å². The Morgan fingerprint density at radius 1 is 1.15 bits per heavy atom. The summed E-state index contributed by atoms with van der Waals surface area (Å²) in [4.78, 5) is 15.4. The molecule has 3 heterocycles. The van der Waals surface area contributed by atoms with Crippen LogP contribution in [-0.2, 0) is 37.8 Å². The number of nitrogens with one attached hydrogen (secondary N) is 1. The topological polar surface area (TPSA) is 162 Å². The molecule has 2 saturated heterocycles. The first kappa shape index (κ1) is 37.7. The van der Waals surface area contributed by atoms with Gasteiger partial charge in [-0.3, -0.25) is 9.46 Å². The number of fused-ring (bicyclic) bond motifs is 1. The van der Waals surface area contributed by atoms with E-state index in [-0.39, 0.29) is 55.3 Å². The van der Waals surface area contributed by atoms with Gasteiger partial charge in [0, 0.05) is 46.9 Å².